The lowest BCUT2D eigenvalue weighted by molar-refractivity contribution is 0.0663. The topological polar surface area (TPSA) is 119 Å². The number of hydrogen-bond donors (Lipinski definition) is 4. The number of oxime groups is 1. The number of nitrogens with zero attached hydrogens (tertiary/aromatic N) is 2. The molecule has 114 valence electrons. The lowest BCUT2D eigenvalue weighted by atomic mass is 9.79. The van der Waals surface area contributed by atoms with E-state index in [4.69, 9.17) is 10.9 Å². The van der Waals surface area contributed by atoms with E-state index >= 15 is 0 Å². The summed E-state index contributed by atoms with van der Waals surface area (Å²) in [4.78, 5) is 14.0. The lowest BCUT2D eigenvalue weighted by Gasteiger charge is -2.38. The van der Waals surface area contributed by atoms with Crippen molar-refractivity contribution in [3.8, 4) is 11.5 Å². The molecule has 0 spiro atoms. The van der Waals surface area contributed by atoms with Crippen LogP contribution in [-0.4, -0.2) is 45.2 Å². The summed E-state index contributed by atoms with van der Waals surface area (Å²) in [5.74, 6) is -0.911. The van der Waals surface area contributed by atoms with Gasteiger partial charge in [0, 0.05) is 18.5 Å². The molecule has 0 bridgehead atoms. The number of amidine groups is 1. The zero-order chi connectivity index (χ0) is 15.6. The van der Waals surface area contributed by atoms with Crippen LogP contribution in [0.5, 0.6) is 11.5 Å². The van der Waals surface area contributed by atoms with Crippen LogP contribution in [0.1, 0.15) is 30.1 Å². The average Bonchev–Trinajstić information content (AvgIpc) is 2.49. The molecule has 5 N–H and O–H groups in total. The molecule has 0 radical (unpaired) electrons. The summed E-state index contributed by atoms with van der Waals surface area (Å²) < 4.78 is 0. The number of aromatic hydroxyl groups is 2. The van der Waals surface area contributed by atoms with E-state index in [-0.39, 0.29) is 23.1 Å². The first-order valence-electron chi connectivity index (χ1n) is 6.67. The molecule has 1 aliphatic rings. The molecule has 7 nitrogen and oxygen atoms in total. The van der Waals surface area contributed by atoms with Gasteiger partial charge in [-0.15, -0.1) is 0 Å². The minimum absolute atomic E-state index is 0.0717. The molecule has 0 saturated carbocycles. The normalized spacial score (nSPS) is 18.5. The zero-order valence-electron chi connectivity index (χ0n) is 11.8. The second-order valence-electron chi connectivity index (χ2n) is 5.51. The van der Waals surface area contributed by atoms with Crippen LogP contribution in [0.25, 0.3) is 0 Å². The number of phenols is 2. The molecule has 0 aromatic heterocycles. The van der Waals surface area contributed by atoms with Crippen molar-refractivity contribution in [2.75, 3.05) is 13.1 Å². The molecule has 1 aromatic rings. The second-order valence-corrected chi connectivity index (χ2v) is 5.51. The highest BCUT2D eigenvalue weighted by atomic mass is 16.4. The summed E-state index contributed by atoms with van der Waals surface area (Å²) >= 11 is 0. The molecule has 1 amide bonds. The minimum atomic E-state index is -0.438. The van der Waals surface area contributed by atoms with E-state index in [1.165, 1.54) is 18.2 Å². The smallest absolute Gasteiger partial charge is 0.257 e. The molecule has 1 fully saturated rings. The molecule has 1 aliphatic heterocycles. The van der Waals surface area contributed by atoms with Crippen LogP contribution in [0, 0.1) is 5.41 Å². The Labute approximate surface area is 122 Å². The van der Waals surface area contributed by atoms with E-state index in [1.54, 1.807) is 4.90 Å². The van der Waals surface area contributed by atoms with Gasteiger partial charge >= 0.3 is 0 Å². The molecule has 21 heavy (non-hydrogen) atoms. The first-order chi connectivity index (χ1) is 9.89. The van der Waals surface area contributed by atoms with E-state index in [1.807, 2.05) is 6.92 Å². The van der Waals surface area contributed by atoms with Crippen molar-refractivity contribution in [2.24, 2.45) is 16.3 Å². The van der Waals surface area contributed by atoms with Gasteiger partial charge in [0.25, 0.3) is 5.91 Å². The standard InChI is InChI=1S/C14H19N3O4/c1-14(13(15)16-21)5-7-17(8-6-14)12(20)9-3-2-4-10(18)11(9)19/h2-4,18-19,21H,5-8H2,1H3,(H2,15,16). The van der Waals surface area contributed by atoms with Gasteiger partial charge in [-0.2, -0.15) is 0 Å². The van der Waals surface area contributed by atoms with Gasteiger partial charge in [-0.25, -0.2) is 0 Å². The number of hydrogen-bond acceptors (Lipinski definition) is 5. The number of amides is 1. The first kappa shape index (κ1) is 15.0. The molecule has 2 rings (SSSR count). The number of rotatable bonds is 2. The van der Waals surface area contributed by atoms with Crippen LogP contribution in [0.2, 0.25) is 0 Å². The highest BCUT2D eigenvalue weighted by Crippen LogP contribution is 2.34. The third-order valence-corrected chi connectivity index (χ3v) is 4.13. The highest BCUT2D eigenvalue weighted by molar-refractivity contribution is 5.98. The summed E-state index contributed by atoms with van der Waals surface area (Å²) in [5, 5.41) is 31.1. The Morgan fingerprint density at radius 3 is 2.52 bits per heavy atom. The van der Waals surface area contributed by atoms with E-state index < -0.39 is 11.2 Å². The number of piperidine rings is 1. The second kappa shape index (κ2) is 5.51. The van der Waals surface area contributed by atoms with Crippen LogP contribution in [0.4, 0.5) is 0 Å². The Hall–Kier alpha value is -2.44. The van der Waals surface area contributed by atoms with E-state index in [2.05, 4.69) is 5.16 Å². The van der Waals surface area contributed by atoms with Gasteiger partial charge < -0.3 is 26.1 Å². The largest absolute Gasteiger partial charge is 0.504 e. The van der Waals surface area contributed by atoms with Crippen LogP contribution in [0.15, 0.2) is 23.4 Å². The third-order valence-electron chi connectivity index (χ3n) is 4.13. The number of nitrogens with two attached hydrogens (primary N) is 1. The number of benzene rings is 1. The van der Waals surface area contributed by atoms with Crippen molar-refractivity contribution in [1.29, 1.82) is 0 Å². The molecule has 1 saturated heterocycles. The predicted molar refractivity (Wildman–Crippen MR) is 76.4 cm³/mol. The van der Waals surface area contributed by atoms with Gasteiger partial charge in [0.2, 0.25) is 0 Å². The van der Waals surface area contributed by atoms with Gasteiger partial charge in [0.1, 0.15) is 5.84 Å². The Morgan fingerprint density at radius 2 is 1.95 bits per heavy atom. The van der Waals surface area contributed by atoms with Gasteiger partial charge in [0.15, 0.2) is 11.5 Å². The molecule has 0 unspecified atom stereocenters. The van der Waals surface area contributed by atoms with Crippen molar-refractivity contribution in [1.82, 2.24) is 4.90 Å². The number of carbonyl (C=O) groups excluding carboxylic acids is 1. The molecule has 0 aliphatic carbocycles. The summed E-state index contributed by atoms with van der Waals surface area (Å²) in [5.41, 5.74) is 5.32. The monoisotopic (exact) mass is 293 g/mol. The lowest BCUT2D eigenvalue weighted by Crippen LogP contribution is -2.47. The van der Waals surface area contributed by atoms with Gasteiger partial charge in [-0.05, 0) is 25.0 Å². The fourth-order valence-corrected chi connectivity index (χ4v) is 2.45. The summed E-state index contributed by atoms with van der Waals surface area (Å²) in [6.07, 6.45) is 1.13. The zero-order valence-corrected chi connectivity index (χ0v) is 11.8. The molecule has 7 heteroatoms. The summed E-state index contributed by atoms with van der Waals surface area (Å²) in [7, 11) is 0. The Kier molecular flexibility index (Phi) is 3.93. The fraction of sp³-hybridized carbons (Fsp3) is 0.429. The maximum absolute atomic E-state index is 12.4. The van der Waals surface area contributed by atoms with E-state index in [9.17, 15) is 15.0 Å². The first-order valence-corrected chi connectivity index (χ1v) is 6.67. The van der Waals surface area contributed by atoms with Crippen LogP contribution < -0.4 is 5.73 Å². The van der Waals surface area contributed by atoms with Crippen LogP contribution >= 0.6 is 0 Å². The van der Waals surface area contributed by atoms with E-state index in [0.717, 1.165) is 0 Å². The molecule has 0 atom stereocenters. The third kappa shape index (κ3) is 2.72. The Morgan fingerprint density at radius 1 is 1.33 bits per heavy atom. The SMILES string of the molecule is CC1(/C(N)=N/O)CCN(C(=O)c2cccc(O)c2O)CC1. The van der Waals surface area contributed by atoms with Crippen LogP contribution in [0.3, 0.4) is 0 Å². The van der Waals surface area contributed by atoms with Crippen LogP contribution in [-0.2, 0) is 0 Å². The Bertz CT molecular complexity index is 578. The van der Waals surface area contributed by atoms with Crippen molar-refractivity contribution < 1.29 is 20.2 Å². The Balaban J connectivity index is 2.12. The summed E-state index contributed by atoms with van der Waals surface area (Å²) in [6, 6.07) is 4.29. The van der Waals surface area contributed by atoms with E-state index in [0.29, 0.717) is 25.9 Å². The quantitative estimate of drug-likeness (QED) is 0.214. The number of phenolic OH excluding ortho intramolecular Hbond substituents is 2. The van der Waals surface area contributed by atoms with Crippen molar-refractivity contribution in [3.63, 3.8) is 0 Å². The molecule has 1 heterocycles. The molecule has 1 aromatic carbocycles. The van der Waals surface area contributed by atoms with Gasteiger partial charge in [0.05, 0.1) is 5.56 Å². The highest BCUT2D eigenvalue weighted by Gasteiger charge is 2.36. The predicted octanol–water partition coefficient (Wildman–Crippen LogP) is 1.09. The number of carbonyl (C=O) groups is 1. The van der Waals surface area contributed by atoms with Crippen molar-refractivity contribution >= 4 is 11.7 Å². The average molecular weight is 293 g/mol. The maximum Gasteiger partial charge on any atom is 0.257 e. The fourth-order valence-electron chi connectivity index (χ4n) is 2.45. The van der Waals surface area contributed by atoms with Gasteiger partial charge in [-0.3, -0.25) is 4.79 Å². The molecular weight excluding hydrogens is 274 g/mol. The summed E-state index contributed by atoms with van der Waals surface area (Å²) in [6.45, 7) is 2.75. The number of para-hydroxylation sites is 1. The van der Waals surface area contributed by atoms with Crippen molar-refractivity contribution in [2.45, 2.75) is 19.8 Å². The molecular formula is C14H19N3O4. The maximum atomic E-state index is 12.4. The number of likely N-dealkylation sites (tertiary alicyclic amines) is 1. The van der Waals surface area contributed by atoms with Crippen molar-refractivity contribution in [3.05, 3.63) is 23.8 Å². The minimum Gasteiger partial charge on any atom is -0.504 e. The van der Waals surface area contributed by atoms with Gasteiger partial charge in [-0.1, -0.05) is 18.1 Å².